The predicted octanol–water partition coefficient (Wildman–Crippen LogP) is 2.64. The number of nitrogen functional groups attached to an aromatic ring is 1. The Hall–Kier alpha value is -2.24. The fourth-order valence-corrected chi connectivity index (χ4v) is 1.47. The van der Waals surface area contributed by atoms with Gasteiger partial charge in [0.05, 0.1) is 5.69 Å². The van der Waals surface area contributed by atoms with Crippen molar-refractivity contribution >= 4 is 17.3 Å². The third-order valence-electron chi connectivity index (χ3n) is 2.30. The first kappa shape index (κ1) is 12.2. The molecule has 0 fully saturated rings. The monoisotopic (exact) mass is 250 g/mol. The summed E-state index contributed by atoms with van der Waals surface area (Å²) in [6, 6.07) is 4.75. The van der Waals surface area contributed by atoms with Crippen LogP contribution < -0.4 is 11.1 Å². The highest BCUT2D eigenvalue weighted by molar-refractivity contribution is 5.59. The second-order valence-corrected chi connectivity index (χ2v) is 3.70. The van der Waals surface area contributed by atoms with Crippen LogP contribution in [0.15, 0.2) is 24.3 Å². The lowest BCUT2D eigenvalue weighted by molar-refractivity contribution is 0.586. The number of nitrogens with two attached hydrogens (primary N) is 1. The van der Waals surface area contributed by atoms with Gasteiger partial charge in [0, 0.05) is 18.6 Å². The Bertz CT molecular complexity index is 572. The van der Waals surface area contributed by atoms with Crippen molar-refractivity contribution in [2.24, 2.45) is 0 Å². The number of hydrogen-bond donors (Lipinski definition) is 2. The van der Waals surface area contributed by atoms with Crippen molar-refractivity contribution in [2.45, 2.75) is 13.3 Å². The zero-order valence-electron chi connectivity index (χ0n) is 9.74. The number of rotatable bonds is 3. The van der Waals surface area contributed by atoms with E-state index in [1.54, 1.807) is 0 Å². The lowest BCUT2D eigenvalue weighted by Crippen LogP contribution is -2.03. The van der Waals surface area contributed by atoms with Crippen LogP contribution in [0.1, 0.15) is 12.7 Å². The Labute approximate surface area is 103 Å². The van der Waals surface area contributed by atoms with E-state index in [0.717, 1.165) is 12.1 Å². The number of aryl methyl sites for hydroxylation is 1. The third-order valence-corrected chi connectivity index (χ3v) is 2.30. The second-order valence-electron chi connectivity index (χ2n) is 3.70. The van der Waals surface area contributed by atoms with E-state index < -0.39 is 11.6 Å². The standard InChI is InChI=1S/C12H12F2N4/c1-2-11-17-10(15)6-12(18-11)16-9-4-3-7(13)5-8(9)14/h3-6H,2H2,1H3,(H3,15,16,17,18). The van der Waals surface area contributed by atoms with Crippen molar-refractivity contribution in [1.82, 2.24) is 9.97 Å². The average molecular weight is 250 g/mol. The molecule has 0 spiro atoms. The topological polar surface area (TPSA) is 63.8 Å². The molecule has 0 bridgehead atoms. The first-order valence-electron chi connectivity index (χ1n) is 5.44. The highest BCUT2D eigenvalue weighted by Crippen LogP contribution is 2.20. The molecule has 2 aromatic rings. The van der Waals surface area contributed by atoms with E-state index in [1.807, 2.05) is 6.92 Å². The number of halogens is 2. The molecule has 6 heteroatoms. The Morgan fingerprint density at radius 1 is 1.22 bits per heavy atom. The quantitative estimate of drug-likeness (QED) is 0.879. The fourth-order valence-electron chi connectivity index (χ4n) is 1.47. The van der Waals surface area contributed by atoms with Gasteiger partial charge in [-0.3, -0.25) is 0 Å². The molecule has 0 aliphatic carbocycles. The van der Waals surface area contributed by atoms with Crippen molar-refractivity contribution in [1.29, 1.82) is 0 Å². The molecule has 1 heterocycles. The van der Waals surface area contributed by atoms with Gasteiger partial charge in [-0.25, -0.2) is 18.7 Å². The van der Waals surface area contributed by atoms with Crippen molar-refractivity contribution in [3.05, 3.63) is 41.7 Å². The molecule has 4 nitrogen and oxygen atoms in total. The van der Waals surface area contributed by atoms with Gasteiger partial charge >= 0.3 is 0 Å². The molecule has 0 aliphatic heterocycles. The zero-order valence-corrected chi connectivity index (χ0v) is 9.74. The summed E-state index contributed by atoms with van der Waals surface area (Å²) < 4.78 is 26.2. The molecule has 0 atom stereocenters. The number of anilines is 3. The van der Waals surface area contributed by atoms with Crippen LogP contribution in [0.2, 0.25) is 0 Å². The average Bonchev–Trinajstić information content (AvgIpc) is 2.32. The molecule has 0 aliphatic rings. The molecule has 18 heavy (non-hydrogen) atoms. The summed E-state index contributed by atoms with van der Waals surface area (Å²) in [4.78, 5) is 8.15. The third kappa shape index (κ3) is 2.71. The maximum Gasteiger partial charge on any atom is 0.149 e. The molecule has 0 amide bonds. The van der Waals surface area contributed by atoms with Gasteiger partial charge in [0.15, 0.2) is 0 Å². The van der Waals surface area contributed by atoms with Gasteiger partial charge in [-0.15, -0.1) is 0 Å². The van der Waals surface area contributed by atoms with E-state index in [0.29, 0.717) is 23.9 Å². The minimum absolute atomic E-state index is 0.136. The summed E-state index contributed by atoms with van der Waals surface area (Å²) >= 11 is 0. The van der Waals surface area contributed by atoms with Crippen LogP contribution >= 0.6 is 0 Å². The smallest absolute Gasteiger partial charge is 0.149 e. The largest absolute Gasteiger partial charge is 0.384 e. The molecule has 1 aromatic carbocycles. The lowest BCUT2D eigenvalue weighted by atomic mass is 10.3. The summed E-state index contributed by atoms with van der Waals surface area (Å²) in [6.45, 7) is 1.89. The molecule has 0 radical (unpaired) electrons. The first-order valence-corrected chi connectivity index (χ1v) is 5.44. The maximum atomic E-state index is 13.4. The molecule has 0 saturated carbocycles. The Kier molecular flexibility index (Phi) is 3.36. The molecule has 0 unspecified atom stereocenters. The van der Waals surface area contributed by atoms with Crippen LogP contribution in [-0.4, -0.2) is 9.97 Å². The van der Waals surface area contributed by atoms with Gasteiger partial charge in [0.25, 0.3) is 0 Å². The Balaban J connectivity index is 2.30. The van der Waals surface area contributed by atoms with E-state index in [2.05, 4.69) is 15.3 Å². The van der Waals surface area contributed by atoms with Gasteiger partial charge in [0.2, 0.25) is 0 Å². The number of benzene rings is 1. The summed E-state index contributed by atoms with van der Waals surface area (Å²) in [7, 11) is 0. The number of aromatic nitrogens is 2. The summed E-state index contributed by atoms with van der Waals surface area (Å²) in [5.74, 6) is -0.0866. The van der Waals surface area contributed by atoms with E-state index in [9.17, 15) is 8.78 Å². The fraction of sp³-hybridized carbons (Fsp3) is 0.167. The zero-order chi connectivity index (χ0) is 13.1. The Morgan fingerprint density at radius 3 is 2.67 bits per heavy atom. The molecule has 1 aromatic heterocycles. The molecule has 2 rings (SSSR count). The minimum atomic E-state index is -0.690. The van der Waals surface area contributed by atoms with Crippen LogP contribution in [0.5, 0.6) is 0 Å². The maximum absolute atomic E-state index is 13.4. The molecular weight excluding hydrogens is 238 g/mol. The van der Waals surface area contributed by atoms with Crippen molar-refractivity contribution in [3.8, 4) is 0 Å². The summed E-state index contributed by atoms with van der Waals surface area (Å²) in [5, 5.41) is 2.74. The second kappa shape index (κ2) is 4.95. The van der Waals surface area contributed by atoms with Crippen LogP contribution in [0, 0.1) is 11.6 Å². The van der Waals surface area contributed by atoms with Crippen LogP contribution in [0.25, 0.3) is 0 Å². The minimum Gasteiger partial charge on any atom is -0.384 e. The van der Waals surface area contributed by atoms with E-state index >= 15 is 0 Å². The van der Waals surface area contributed by atoms with Crippen molar-refractivity contribution in [3.63, 3.8) is 0 Å². The van der Waals surface area contributed by atoms with Crippen molar-refractivity contribution in [2.75, 3.05) is 11.1 Å². The normalized spacial score (nSPS) is 10.4. The molecule has 0 saturated heterocycles. The van der Waals surface area contributed by atoms with E-state index in [1.165, 1.54) is 12.1 Å². The van der Waals surface area contributed by atoms with Crippen LogP contribution in [-0.2, 0) is 6.42 Å². The van der Waals surface area contributed by atoms with Crippen molar-refractivity contribution < 1.29 is 8.78 Å². The van der Waals surface area contributed by atoms with Gasteiger partial charge in [-0.1, -0.05) is 6.92 Å². The van der Waals surface area contributed by atoms with Gasteiger partial charge in [-0.05, 0) is 12.1 Å². The van der Waals surface area contributed by atoms with Gasteiger partial charge < -0.3 is 11.1 Å². The lowest BCUT2D eigenvalue weighted by Gasteiger charge is -2.08. The SMILES string of the molecule is CCc1nc(N)cc(Nc2ccc(F)cc2F)n1. The predicted molar refractivity (Wildman–Crippen MR) is 65.5 cm³/mol. The van der Waals surface area contributed by atoms with Crippen LogP contribution in [0.3, 0.4) is 0 Å². The highest BCUT2D eigenvalue weighted by atomic mass is 19.1. The molecule has 3 N–H and O–H groups in total. The first-order chi connectivity index (χ1) is 8.58. The van der Waals surface area contributed by atoms with Crippen LogP contribution in [0.4, 0.5) is 26.1 Å². The van der Waals surface area contributed by atoms with E-state index in [-0.39, 0.29) is 5.69 Å². The highest BCUT2D eigenvalue weighted by Gasteiger charge is 2.06. The summed E-state index contributed by atoms with van der Waals surface area (Å²) in [6.07, 6.45) is 0.617. The van der Waals surface area contributed by atoms with E-state index in [4.69, 9.17) is 5.73 Å². The molecular formula is C12H12F2N4. The summed E-state index contributed by atoms with van der Waals surface area (Å²) in [5.41, 5.74) is 5.74. The van der Waals surface area contributed by atoms with Gasteiger partial charge in [-0.2, -0.15) is 0 Å². The number of nitrogens with zero attached hydrogens (tertiary/aromatic N) is 2. The van der Waals surface area contributed by atoms with Gasteiger partial charge in [0.1, 0.15) is 29.1 Å². The Morgan fingerprint density at radius 2 is 2.00 bits per heavy atom. The number of nitrogens with one attached hydrogen (secondary N) is 1. The molecule has 94 valence electrons. The number of hydrogen-bond acceptors (Lipinski definition) is 4.